The first kappa shape index (κ1) is 13.3. The predicted molar refractivity (Wildman–Crippen MR) is 75.6 cm³/mol. The molecule has 1 aliphatic carbocycles. The van der Waals surface area contributed by atoms with Gasteiger partial charge in [0, 0.05) is 31.5 Å². The van der Waals surface area contributed by atoms with Crippen LogP contribution < -0.4 is 5.56 Å². The van der Waals surface area contributed by atoms with Crippen LogP contribution in [-0.4, -0.2) is 33.7 Å². The number of piperidine rings is 1. The van der Waals surface area contributed by atoms with Crippen molar-refractivity contribution in [2.24, 2.45) is 0 Å². The number of carbonyl (C=O) groups is 1. The molecule has 108 valence electrons. The van der Waals surface area contributed by atoms with Gasteiger partial charge in [-0.2, -0.15) is 5.10 Å². The summed E-state index contributed by atoms with van der Waals surface area (Å²) in [6, 6.07) is 3.65. The molecule has 2 heterocycles. The van der Waals surface area contributed by atoms with Crippen LogP contribution in [0.4, 0.5) is 0 Å². The van der Waals surface area contributed by atoms with Gasteiger partial charge in [-0.3, -0.25) is 9.59 Å². The van der Waals surface area contributed by atoms with Crippen LogP contribution in [0.15, 0.2) is 16.9 Å². The maximum Gasteiger partial charge on any atom is 0.267 e. The predicted octanol–water partition coefficient (Wildman–Crippen LogP) is 1.69. The van der Waals surface area contributed by atoms with Crippen LogP contribution in [0.2, 0.25) is 0 Å². The fourth-order valence-corrected chi connectivity index (χ4v) is 2.88. The molecule has 0 spiro atoms. The summed E-state index contributed by atoms with van der Waals surface area (Å²) in [5.41, 5.74) is 1.03. The van der Waals surface area contributed by atoms with Crippen LogP contribution in [0.3, 0.4) is 0 Å². The normalized spacial score (nSPS) is 20.1. The van der Waals surface area contributed by atoms with Crippen molar-refractivity contribution in [1.82, 2.24) is 14.7 Å². The maximum absolute atomic E-state index is 12.0. The lowest BCUT2D eigenvalue weighted by Crippen LogP contribution is -2.41. The lowest BCUT2D eigenvalue weighted by atomic mass is 10.0. The van der Waals surface area contributed by atoms with E-state index >= 15 is 0 Å². The second-order valence-corrected chi connectivity index (χ2v) is 5.78. The van der Waals surface area contributed by atoms with Gasteiger partial charge in [0.25, 0.3) is 5.56 Å². The Bertz CT molecular complexity index is 554. The highest BCUT2D eigenvalue weighted by Crippen LogP contribution is 2.38. The molecule has 5 nitrogen and oxygen atoms in total. The molecule has 2 fully saturated rings. The molecule has 20 heavy (non-hydrogen) atoms. The smallest absolute Gasteiger partial charge is 0.267 e. The summed E-state index contributed by atoms with van der Waals surface area (Å²) < 4.78 is 1.65. The van der Waals surface area contributed by atoms with E-state index in [1.54, 1.807) is 10.7 Å². The molecule has 2 aliphatic rings. The van der Waals surface area contributed by atoms with Crippen LogP contribution >= 0.6 is 0 Å². The van der Waals surface area contributed by atoms with Gasteiger partial charge in [-0.1, -0.05) is 6.92 Å². The van der Waals surface area contributed by atoms with Gasteiger partial charge in [0.15, 0.2) is 0 Å². The highest BCUT2D eigenvalue weighted by atomic mass is 16.2. The van der Waals surface area contributed by atoms with Crippen LogP contribution in [0, 0.1) is 0 Å². The fraction of sp³-hybridized carbons (Fsp3) is 0.667. The standard InChI is InChI=1S/C15H21N3O2/c1-2-14(19)17-9-7-12(8-10-17)18-15(20)6-5-13(16-18)11-3-4-11/h5-6,11-12H,2-4,7-10H2,1H3. The first-order valence-electron chi connectivity index (χ1n) is 7.56. The number of nitrogens with zero attached hydrogens (tertiary/aromatic N) is 3. The second-order valence-electron chi connectivity index (χ2n) is 5.78. The zero-order valence-corrected chi connectivity index (χ0v) is 11.9. The minimum absolute atomic E-state index is 0.0188. The molecule has 0 unspecified atom stereocenters. The third-order valence-corrected chi connectivity index (χ3v) is 4.31. The molecular formula is C15H21N3O2. The number of amides is 1. The Kier molecular flexibility index (Phi) is 3.59. The highest BCUT2D eigenvalue weighted by Gasteiger charge is 2.28. The molecule has 0 aromatic carbocycles. The molecule has 1 aromatic rings. The summed E-state index contributed by atoms with van der Waals surface area (Å²) in [5.74, 6) is 0.763. The highest BCUT2D eigenvalue weighted by molar-refractivity contribution is 5.75. The minimum atomic E-state index is -0.0188. The van der Waals surface area contributed by atoms with Gasteiger partial charge in [-0.05, 0) is 31.7 Å². The molecule has 1 aliphatic heterocycles. The Hall–Kier alpha value is -1.65. The summed E-state index contributed by atoms with van der Waals surface area (Å²) in [5, 5.41) is 4.55. The van der Waals surface area contributed by atoms with E-state index in [9.17, 15) is 9.59 Å². The Morgan fingerprint density at radius 1 is 1.25 bits per heavy atom. The van der Waals surface area contributed by atoms with Gasteiger partial charge in [0.2, 0.25) is 5.91 Å². The van der Waals surface area contributed by atoms with Crippen molar-refractivity contribution in [3.8, 4) is 0 Å². The number of carbonyl (C=O) groups excluding carboxylic acids is 1. The molecule has 0 N–H and O–H groups in total. The van der Waals surface area contributed by atoms with E-state index in [1.165, 1.54) is 12.8 Å². The average Bonchev–Trinajstić information content (AvgIpc) is 3.32. The van der Waals surface area contributed by atoms with E-state index in [2.05, 4.69) is 5.10 Å². The molecule has 3 rings (SSSR count). The van der Waals surface area contributed by atoms with Crippen LogP contribution in [-0.2, 0) is 4.79 Å². The maximum atomic E-state index is 12.0. The van der Waals surface area contributed by atoms with Gasteiger partial charge in [-0.25, -0.2) is 4.68 Å². The zero-order chi connectivity index (χ0) is 14.1. The van der Waals surface area contributed by atoms with Gasteiger partial charge >= 0.3 is 0 Å². The fourth-order valence-electron chi connectivity index (χ4n) is 2.88. The van der Waals surface area contributed by atoms with E-state index in [0.717, 1.165) is 31.6 Å². The Labute approximate surface area is 118 Å². The van der Waals surface area contributed by atoms with Crippen molar-refractivity contribution in [2.75, 3.05) is 13.1 Å². The number of hydrogen-bond donors (Lipinski definition) is 0. The number of aromatic nitrogens is 2. The Balaban J connectivity index is 1.73. The van der Waals surface area contributed by atoms with Crippen molar-refractivity contribution in [1.29, 1.82) is 0 Å². The van der Waals surface area contributed by atoms with Crippen molar-refractivity contribution in [3.05, 3.63) is 28.2 Å². The van der Waals surface area contributed by atoms with E-state index < -0.39 is 0 Å². The third kappa shape index (κ3) is 2.62. The Morgan fingerprint density at radius 2 is 1.95 bits per heavy atom. The van der Waals surface area contributed by atoms with Crippen molar-refractivity contribution >= 4 is 5.91 Å². The summed E-state index contributed by atoms with van der Waals surface area (Å²) in [4.78, 5) is 25.6. The molecule has 1 amide bonds. The van der Waals surface area contributed by atoms with E-state index in [-0.39, 0.29) is 17.5 Å². The van der Waals surface area contributed by atoms with Gasteiger partial charge in [-0.15, -0.1) is 0 Å². The summed E-state index contributed by atoms with van der Waals surface area (Å²) in [6.45, 7) is 3.36. The molecule has 0 radical (unpaired) electrons. The minimum Gasteiger partial charge on any atom is -0.343 e. The molecule has 0 atom stereocenters. The molecule has 1 saturated heterocycles. The van der Waals surface area contributed by atoms with Gasteiger partial charge in [0.1, 0.15) is 0 Å². The average molecular weight is 275 g/mol. The van der Waals surface area contributed by atoms with E-state index in [4.69, 9.17) is 0 Å². The van der Waals surface area contributed by atoms with Crippen molar-refractivity contribution in [3.63, 3.8) is 0 Å². The largest absolute Gasteiger partial charge is 0.343 e. The summed E-state index contributed by atoms with van der Waals surface area (Å²) >= 11 is 0. The van der Waals surface area contributed by atoms with Gasteiger partial charge < -0.3 is 4.90 Å². The molecule has 0 bridgehead atoms. The monoisotopic (exact) mass is 275 g/mol. The zero-order valence-electron chi connectivity index (χ0n) is 11.9. The first-order chi connectivity index (χ1) is 9.69. The molecule has 1 saturated carbocycles. The van der Waals surface area contributed by atoms with Crippen LogP contribution in [0.25, 0.3) is 0 Å². The van der Waals surface area contributed by atoms with E-state index in [1.807, 2.05) is 17.9 Å². The SMILES string of the molecule is CCC(=O)N1CCC(n2nc(C3CC3)ccc2=O)CC1. The summed E-state index contributed by atoms with van der Waals surface area (Å²) in [7, 11) is 0. The van der Waals surface area contributed by atoms with Crippen LogP contribution in [0.1, 0.15) is 56.7 Å². The summed E-state index contributed by atoms with van der Waals surface area (Å²) in [6.07, 6.45) is 4.59. The van der Waals surface area contributed by atoms with E-state index in [0.29, 0.717) is 12.3 Å². The first-order valence-corrected chi connectivity index (χ1v) is 7.56. The lowest BCUT2D eigenvalue weighted by Gasteiger charge is -2.32. The second kappa shape index (κ2) is 5.38. The third-order valence-electron chi connectivity index (χ3n) is 4.31. The van der Waals surface area contributed by atoms with Crippen molar-refractivity contribution in [2.45, 2.75) is 51.0 Å². The van der Waals surface area contributed by atoms with Crippen LogP contribution in [0.5, 0.6) is 0 Å². The Morgan fingerprint density at radius 3 is 2.55 bits per heavy atom. The number of rotatable bonds is 3. The van der Waals surface area contributed by atoms with Gasteiger partial charge in [0.05, 0.1) is 11.7 Å². The number of hydrogen-bond acceptors (Lipinski definition) is 3. The van der Waals surface area contributed by atoms with Crippen molar-refractivity contribution < 1.29 is 4.79 Å². The molecular weight excluding hydrogens is 254 g/mol. The topological polar surface area (TPSA) is 55.2 Å². The quantitative estimate of drug-likeness (QED) is 0.843. The molecule has 1 aromatic heterocycles. The molecule has 5 heteroatoms. The lowest BCUT2D eigenvalue weighted by molar-refractivity contribution is -0.132. The number of likely N-dealkylation sites (tertiary alicyclic amines) is 1.